The number of anilines is 1. The number of hydrogen-bond acceptors (Lipinski definition) is 6. The van der Waals surface area contributed by atoms with Gasteiger partial charge < -0.3 is 19.5 Å². The number of pyridine rings is 2. The summed E-state index contributed by atoms with van der Waals surface area (Å²) >= 11 is 0. The van der Waals surface area contributed by atoms with Crippen molar-refractivity contribution < 1.29 is 19.4 Å². The number of carboxylic acid groups (broad SMARTS) is 1. The first-order chi connectivity index (χ1) is 15.6. The molecule has 0 unspecified atom stereocenters. The molecule has 0 atom stereocenters. The number of carbonyl (C=O) groups is 1. The van der Waals surface area contributed by atoms with Crippen molar-refractivity contribution >= 4 is 22.4 Å². The van der Waals surface area contributed by atoms with Crippen molar-refractivity contribution in [3.63, 3.8) is 0 Å². The summed E-state index contributed by atoms with van der Waals surface area (Å²) in [6.45, 7) is 1.18. The van der Waals surface area contributed by atoms with Gasteiger partial charge in [0.25, 0.3) is 0 Å². The zero-order valence-electron chi connectivity index (χ0n) is 17.9. The van der Waals surface area contributed by atoms with Crippen LogP contribution < -0.4 is 14.4 Å². The minimum atomic E-state index is -1.03. The van der Waals surface area contributed by atoms with Crippen LogP contribution in [-0.4, -0.2) is 35.3 Å². The highest BCUT2D eigenvalue weighted by Gasteiger charge is 2.17. The predicted octanol–water partition coefficient (Wildman–Crippen LogP) is 4.55. The second kappa shape index (κ2) is 9.34. The van der Waals surface area contributed by atoms with Crippen molar-refractivity contribution in [2.45, 2.75) is 13.1 Å². The van der Waals surface area contributed by atoms with Gasteiger partial charge in [-0.05, 0) is 35.4 Å². The lowest BCUT2D eigenvalue weighted by Gasteiger charge is -2.26. The quantitative estimate of drug-likeness (QED) is 0.440. The van der Waals surface area contributed by atoms with Gasteiger partial charge in [0.1, 0.15) is 11.5 Å². The molecule has 4 aromatic rings. The maximum absolute atomic E-state index is 11.7. The van der Waals surface area contributed by atoms with E-state index in [4.69, 9.17) is 9.47 Å². The second-order valence-electron chi connectivity index (χ2n) is 7.30. The maximum Gasteiger partial charge on any atom is 0.337 e. The summed E-state index contributed by atoms with van der Waals surface area (Å²) in [4.78, 5) is 22.4. The number of ether oxygens (including phenoxy) is 2. The van der Waals surface area contributed by atoms with Gasteiger partial charge in [-0.15, -0.1) is 0 Å². The van der Waals surface area contributed by atoms with Gasteiger partial charge in [0, 0.05) is 42.5 Å². The van der Waals surface area contributed by atoms with Gasteiger partial charge in [-0.25, -0.2) is 4.79 Å². The lowest BCUT2D eigenvalue weighted by molar-refractivity contribution is 0.0698. The molecule has 2 aromatic carbocycles. The molecule has 2 aromatic heterocycles. The highest BCUT2D eigenvalue weighted by Crippen LogP contribution is 2.30. The van der Waals surface area contributed by atoms with E-state index < -0.39 is 5.97 Å². The molecule has 0 fully saturated rings. The molecule has 32 heavy (non-hydrogen) atoms. The van der Waals surface area contributed by atoms with Gasteiger partial charge in [0.05, 0.1) is 31.7 Å². The third-order valence-electron chi connectivity index (χ3n) is 5.30. The maximum atomic E-state index is 11.7. The smallest absolute Gasteiger partial charge is 0.337 e. The number of fused-ring (bicyclic) bond motifs is 1. The van der Waals surface area contributed by atoms with Crippen LogP contribution in [0.4, 0.5) is 5.69 Å². The van der Waals surface area contributed by atoms with E-state index in [2.05, 4.69) is 14.9 Å². The summed E-state index contributed by atoms with van der Waals surface area (Å²) in [5.74, 6) is 0.550. The van der Waals surface area contributed by atoms with E-state index in [9.17, 15) is 9.90 Å². The molecular formula is C25H23N3O4. The largest absolute Gasteiger partial charge is 0.497 e. The SMILES string of the molecule is COc1ccc(CN(Cc2ccc(OC)cc2)c2cncc3c(C(=O)O)cncc23)cc1. The van der Waals surface area contributed by atoms with E-state index in [1.54, 1.807) is 32.8 Å². The first kappa shape index (κ1) is 21.1. The minimum absolute atomic E-state index is 0.130. The molecule has 7 heteroatoms. The summed E-state index contributed by atoms with van der Waals surface area (Å²) < 4.78 is 10.5. The monoisotopic (exact) mass is 429 g/mol. The van der Waals surface area contributed by atoms with Crippen molar-refractivity contribution in [3.05, 3.63) is 90.0 Å². The Morgan fingerprint density at radius 2 is 1.28 bits per heavy atom. The third-order valence-corrected chi connectivity index (χ3v) is 5.30. The molecule has 0 aliphatic rings. The topological polar surface area (TPSA) is 84.8 Å². The van der Waals surface area contributed by atoms with Crippen LogP contribution in [0.1, 0.15) is 21.5 Å². The van der Waals surface area contributed by atoms with Crippen LogP contribution in [0.3, 0.4) is 0 Å². The van der Waals surface area contributed by atoms with Crippen LogP contribution in [0.25, 0.3) is 10.8 Å². The van der Waals surface area contributed by atoms with E-state index in [1.165, 1.54) is 6.20 Å². The molecule has 0 aliphatic carbocycles. The molecule has 0 amide bonds. The van der Waals surface area contributed by atoms with E-state index in [0.29, 0.717) is 18.5 Å². The molecule has 162 valence electrons. The number of aromatic nitrogens is 2. The number of rotatable bonds is 8. The van der Waals surface area contributed by atoms with E-state index >= 15 is 0 Å². The molecule has 0 saturated carbocycles. The Hall–Kier alpha value is -4.13. The predicted molar refractivity (Wildman–Crippen MR) is 122 cm³/mol. The van der Waals surface area contributed by atoms with Gasteiger partial charge >= 0.3 is 5.97 Å². The van der Waals surface area contributed by atoms with Crippen molar-refractivity contribution in [2.75, 3.05) is 19.1 Å². The summed E-state index contributed by atoms with van der Waals surface area (Å²) in [6.07, 6.45) is 6.37. The van der Waals surface area contributed by atoms with Crippen LogP contribution in [0.15, 0.2) is 73.3 Å². The van der Waals surface area contributed by atoms with Crippen LogP contribution in [-0.2, 0) is 13.1 Å². The van der Waals surface area contributed by atoms with Gasteiger partial charge in [-0.2, -0.15) is 0 Å². The summed E-state index contributed by atoms with van der Waals surface area (Å²) in [5.41, 5.74) is 3.10. The lowest BCUT2D eigenvalue weighted by atomic mass is 10.1. The Labute approximate surface area is 185 Å². The zero-order chi connectivity index (χ0) is 22.5. The molecule has 0 bridgehead atoms. The number of methoxy groups -OCH3 is 2. The number of hydrogen-bond donors (Lipinski definition) is 1. The highest BCUT2D eigenvalue weighted by molar-refractivity contribution is 6.06. The van der Waals surface area contributed by atoms with Crippen molar-refractivity contribution in [2.24, 2.45) is 0 Å². The Morgan fingerprint density at radius 3 is 1.78 bits per heavy atom. The fraction of sp³-hybridized carbons (Fsp3) is 0.160. The molecule has 1 N–H and O–H groups in total. The first-order valence-electron chi connectivity index (χ1n) is 10.0. The zero-order valence-corrected chi connectivity index (χ0v) is 17.9. The van der Waals surface area contributed by atoms with E-state index in [1.807, 2.05) is 48.5 Å². The molecule has 2 heterocycles. The van der Waals surface area contributed by atoms with Crippen molar-refractivity contribution in [1.29, 1.82) is 0 Å². The molecule has 0 saturated heterocycles. The average molecular weight is 429 g/mol. The Morgan fingerprint density at radius 1 is 0.781 bits per heavy atom. The van der Waals surface area contributed by atoms with Crippen LogP contribution in [0.5, 0.6) is 11.5 Å². The molecule has 0 aliphatic heterocycles. The third kappa shape index (κ3) is 4.46. The lowest BCUT2D eigenvalue weighted by Crippen LogP contribution is -2.22. The number of nitrogens with zero attached hydrogens (tertiary/aromatic N) is 3. The normalized spacial score (nSPS) is 10.7. The first-order valence-corrected chi connectivity index (χ1v) is 10.0. The average Bonchev–Trinajstić information content (AvgIpc) is 2.83. The summed E-state index contributed by atoms with van der Waals surface area (Å²) in [5, 5.41) is 10.9. The van der Waals surface area contributed by atoms with Crippen LogP contribution in [0.2, 0.25) is 0 Å². The van der Waals surface area contributed by atoms with E-state index in [0.717, 1.165) is 33.7 Å². The van der Waals surface area contributed by atoms with Gasteiger partial charge in [-0.1, -0.05) is 24.3 Å². The van der Waals surface area contributed by atoms with Gasteiger partial charge in [-0.3, -0.25) is 9.97 Å². The molecule has 0 radical (unpaired) electrons. The van der Waals surface area contributed by atoms with Gasteiger partial charge in [0.2, 0.25) is 0 Å². The highest BCUT2D eigenvalue weighted by atomic mass is 16.5. The van der Waals surface area contributed by atoms with Crippen LogP contribution in [0, 0.1) is 0 Å². The molecular weight excluding hydrogens is 406 g/mol. The fourth-order valence-corrected chi connectivity index (χ4v) is 3.62. The summed E-state index contributed by atoms with van der Waals surface area (Å²) in [6, 6.07) is 15.7. The molecule has 0 spiro atoms. The Kier molecular flexibility index (Phi) is 6.17. The second-order valence-corrected chi connectivity index (χ2v) is 7.30. The summed E-state index contributed by atoms with van der Waals surface area (Å²) in [7, 11) is 3.28. The standard InChI is InChI=1S/C25H23N3O4/c1-31-19-7-3-17(4-8-19)15-28(16-18-5-9-20(32-2)10-6-18)24-14-27-11-21-22(24)12-26-13-23(21)25(29)30/h3-14H,15-16H2,1-2H3,(H,29,30). The molecule has 4 rings (SSSR count). The van der Waals surface area contributed by atoms with E-state index in [-0.39, 0.29) is 5.56 Å². The Balaban J connectivity index is 1.77. The fourth-order valence-electron chi connectivity index (χ4n) is 3.62. The number of benzene rings is 2. The Bertz CT molecular complexity index is 1170. The number of aromatic carboxylic acids is 1. The van der Waals surface area contributed by atoms with Crippen molar-refractivity contribution in [1.82, 2.24) is 9.97 Å². The van der Waals surface area contributed by atoms with Gasteiger partial charge in [0.15, 0.2) is 0 Å². The molecule has 7 nitrogen and oxygen atoms in total. The van der Waals surface area contributed by atoms with Crippen LogP contribution >= 0.6 is 0 Å². The number of carboxylic acids is 1. The van der Waals surface area contributed by atoms with Crippen molar-refractivity contribution in [3.8, 4) is 11.5 Å². The minimum Gasteiger partial charge on any atom is -0.497 e.